The highest BCUT2D eigenvalue weighted by atomic mass is 16.4. The van der Waals surface area contributed by atoms with Crippen molar-refractivity contribution in [3.8, 4) is 0 Å². The predicted molar refractivity (Wildman–Crippen MR) is 83.1 cm³/mol. The number of likely N-dealkylation sites (N-methyl/N-ethyl adjacent to an activating group) is 1. The van der Waals surface area contributed by atoms with E-state index in [-0.39, 0.29) is 18.4 Å². The summed E-state index contributed by atoms with van der Waals surface area (Å²) in [5.74, 6) is -0.129. The standard InChI is InChI=1S/C16H30N2O3/c1-5-12(3)15(16(20)21)17-10-14(19)18(4)13-8-6-11(2)7-9-13/h11-13,15,17H,5-10H2,1-4H3,(H,20,21)/t11?,12-,13?,15-/m0/s1. The number of carboxylic acid groups (broad SMARTS) is 1. The van der Waals surface area contributed by atoms with Gasteiger partial charge in [-0.15, -0.1) is 0 Å². The molecule has 1 amide bonds. The fraction of sp³-hybridized carbons (Fsp3) is 0.875. The molecule has 0 spiro atoms. The van der Waals surface area contributed by atoms with Crippen LogP contribution in [0, 0.1) is 11.8 Å². The van der Waals surface area contributed by atoms with E-state index in [1.54, 1.807) is 4.90 Å². The SMILES string of the molecule is CC[C@H](C)[C@H](NCC(=O)N(C)C1CCC(C)CC1)C(=O)O. The number of nitrogens with zero attached hydrogens (tertiary/aromatic N) is 1. The van der Waals surface area contributed by atoms with Gasteiger partial charge in [-0.05, 0) is 37.5 Å². The lowest BCUT2D eigenvalue weighted by Crippen LogP contribution is -2.49. The summed E-state index contributed by atoms with van der Waals surface area (Å²) in [6.45, 7) is 6.20. The number of carbonyl (C=O) groups is 2. The molecule has 0 unspecified atom stereocenters. The van der Waals surface area contributed by atoms with Crippen LogP contribution in [0.2, 0.25) is 0 Å². The molecule has 1 aliphatic rings. The summed E-state index contributed by atoms with van der Waals surface area (Å²) in [7, 11) is 1.84. The Morgan fingerprint density at radius 3 is 2.33 bits per heavy atom. The lowest BCUT2D eigenvalue weighted by atomic mass is 9.87. The summed E-state index contributed by atoms with van der Waals surface area (Å²) in [5, 5.41) is 12.1. The monoisotopic (exact) mass is 298 g/mol. The van der Waals surface area contributed by atoms with Crippen molar-refractivity contribution in [3.05, 3.63) is 0 Å². The molecule has 1 saturated carbocycles. The van der Waals surface area contributed by atoms with E-state index in [0.29, 0.717) is 6.04 Å². The van der Waals surface area contributed by atoms with Gasteiger partial charge in [0.25, 0.3) is 0 Å². The van der Waals surface area contributed by atoms with Gasteiger partial charge in [0.15, 0.2) is 0 Å². The van der Waals surface area contributed by atoms with Gasteiger partial charge >= 0.3 is 5.97 Å². The first-order valence-corrected chi connectivity index (χ1v) is 8.08. The highest BCUT2D eigenvalue weighted by Gasteiger charge is 2.27. The van der Waals surface area contributed by atoms with Gasteiger partial charge in [-0.25, -0.2) is 0 Å². The summed E-state index contributed by atoms with van der Waals surface area (Å²) in [6, 6.07) is -0.346. The van der Waals surface area contributed by atoms with Gasteiger partial charge in [0.2, 0.25) is 5.91 Å². The second-order valence-electron chi connectivity index (χ2n) is 6.50. The summed E-state index contributed by atoms with van der Waals surface area (Å²) >= 11 is 0. The van der Waals surface area contributed by atoms with Crippen LogP contribution in [-0.4, -0.2) is 47.6 Å². The van der Waals surface area contributed by atoms with Crippen LogP contribution in [0.25, 0.3) is 0 Å². The molecule has 0 heterocycles. The van der Waals surface area contributed by atoms with Gasteiger partial charge in [-0.3, -0.25) is 14.9 Å². The van der Waals surface area contributed by atoms with Crippen molar-refractivity contribution in [2.24, 2.45) is 11.8 Å². The molecule has 2 N–H and O–H groups in total. The molecule has 5 nitrogen and oxygen atoms in total. The Labute approximate surface area is 128 Å². The molecule has 5 heteroatoms. The highest BCUT2D eigenvalue weighted by molar-refractivity contribution is 5.80. The maximum Gasteiger partial charge on any atom is 0.320 e. The Hall–Kier alpha value is -1.10. The quantitative estimate of drug-likeness (QED) is 0.755. The molecular weight excluding hydrogens is 268 g/mol. The van der Waals surface area contributed by atoms with Crippen molar-refractivity contribution in [2.45, 2.75) is 65.0 Å². The largest absolute Gasteiger partial charge is 0.480 e. The van der Waals surface area contributed by atoms with Crippen molar-refractivity contribution in [2.75, 3.05) is 13.6 Å². The van der Waals surface area contributed by atoms with Crippen LogP contribution in [-0.2, 0) is 9.59 Å². The Balaban J connectivity index is 2.46. The lowest BCUT2D eigenvalue weighted by Gasteiger charge is -2.34. The first-order valence-electron chi connectivity index (χ1n) is 8.08. The number of carboxylic acids is 1. The number of carbonyl (C=O) groups excluding carboxylic acids is 1. The maximum absolute atomic E-state index is 12.2. The Morgan fingerprint density at radius 2 is 1.86 bits per heavy atom. The predicted octanol–water partition coefficient (Wildman–Crippen LogP) is 2.11. The fourth-order valence-electron chi connectivity index (χ4n) is 2.92. The first-order chi connectivity index (χ1) is 9.86. The minimum absolute atomic E-state index is 0.0101. The molecule has 1 fully saturated rings. The van der Waals surface area contributed by atoms with E-state index in [1.807, 2.05) is 20.9 Å². The third-order valence-electron chi connectivity index (χ3n) is 4.88. The zero-order valence-electron chi connectivity index (χ0n) is 13.8. The topological polar surface area (TPSA) is 69.6 Å². The van der Waals surface area contributed by atoms with E-state index in [1.165, 1.54) is 12.8 Å². The van der Waals surface area contributed by atoms with E-state index in [9.17, 15) is 14.7 Å². The number of rotatable bonds is 7. The minimum atomic E-state index is -0.883. The van der Waals surface area contributed by atoms with Crippen LogP contribution in [0.15, 0.2) is 0 Å². The minimum Gasteiger partial charge on any atom is -0.480 e. The van der Waals surface area contributed by atoms with Crippen LogP contribution >= 0.6 is 0 Å². The van der Waals surface area contributed by atoms with E-state index in [0.717, 1.165) is 25.2 Å². The summed E-state index contributed by atoms with van der Waals surface area (Å²) in [5.41, 5.74) is 0. The summed E-state index contributed by atoms with van der Waals surface area (Å²) in [6.07, 6.45) is 5.21. The van der Waals surface area contributed by atoms with E-state index in [4.69, 9.17) is 0 Å². The fourth-order valence-corrected chi connectivity index (χ4v) is 2.92. The van der Waals surface area contributed by atoms with E-state index >= 15 is 0 Å². The van der Waals surface area contributed by atoms with Gasteiger partial charge in [0.05, 0.1) is 6.54 Å². The molecule has 122 valence electrons. The number of nitrogens with one attached hydrogen (secondary N) is 1. The van der Waals surface area contributed by atoms with Crippen LogP contribution in [0.1, 0.15) is 52.9 Å². The van der Waals surface area contributed by atoms with Crippen LogP contribution < -0.4 is 5.32 Å². The third-order valence-corrected chi connectivity index (χ3v) is 4.88. The number of amides is 1. The smallest absolute Gasteiger partial charge is 0.320 e. The molecule has 0 radical (unpaired) electrons. The van der Waals surface area contributed by atoms with Crippen molar-refractivity contribution in [1.82, 2.24) is 10.2 Å². The molecule has 0 saturated heterocycles. The molecule has 0 aromatic heterocycles. The second-order valence-corrected chi connectivity index (χ2v) is 6.50. The number of aliphatic carboxylic acids is 1. The Kier molecular flexibility index (Phi) is 7.15. The molecule has 0 aliphatic heterocycles. The number of hydrogen-bond donors (Lipinski definition) is 2. The van der Waals surface area contributed by atoms with Crippen molar-refractivity contribution in [3.63, 3.8) is 0 Å². The average Bonchev–Trinajstić information content (AvgIpc) is 2.46. The summed E-state index contributed by atoms with van der Waals surface area (Å²) in [4.78, 5) is 25.3. The molecule has 0 bridgehead atoms. The van der Waals surface area contributed by atoms with Crippen molar-refractivity contribution >= 4 is 11.9 Å². The Morgan fingerprint density at radius 1 is 1.29 bits per heavy atom. The van der Waals surface area contributed by atoms with Gasteiger partial charge in [-0.2, -0.15) is 0 Å². The zero-order valence-corrected chi connectivity index (χ0v) is 13.8. The molecule has 1 aliphatic carbocycles. The molecule has 2 atom stereocenters. The average molecular weight is 298 g/mol. The van der Waals surface area contributed by atoms with Crippen LogP contribution in [0.4, 0.5) is 0 Å². The molecule has 0 aromatic rings. The third kappa shape index (κ3) is 5.30. The van der Waals surface area contributed by atoms with Gasteiger partial charge < -0.3 is 10.0 Å². The second kappa shape index (κ2) is 8.37. The van der Waals surface area contributed by atoms with Gasteiger partial charge in [0, 0.05) is 13.1 Å². The zero-order chi connectivity index (χ0) is 16.0. The van der Waals surface area contributed by atoms with Gasteiger partial charge in [0.1, 0.15) is 6.04 Å². The molecule has 0 aromatic carbocycles. The normalized spacial score (nSPS) is 25.1. The molecular formula is C16H30N2O3. The molecule has 1 rings (SSSR count). The Bertz CT molecular complexity index is 351. The number of hydrogen-bond acceptors (Lipinski definition) is 3. The lowest BCUT2D eigenvalue weighted by molar-refractivity contribution is -0.141. The van der Waals surface area contributed by atoms with E-state index in [2.05, 4.69) is 12.2 Å². The van der Waals surface area contributed by atoms with Crippen LogP contribution in [0.5, 0.6) is 0 Å². The van der Waals surface area contributed by atoms with Gasteiger partial charge in [-0.1, -0.05) is 27.2 Å². The highest BCUT2D eigenvalue weighted by Crippen LogP contribution is 2.26. The summed E-state index contributed by atoms with van der Waals surface area (Å²) < 4.78 is 0. The van der Waals surface area contributed by atoms with E-state index < -0.39 is 12.0 Å². The van der Waals surface area contributed by atoms with Crippen LogP contribution in [0.3, 0.4) is 0 Å². The van der Waals surface area contributed by atoms with Crippen molar-refractivity contribution in [1.29, 1.82) is 0 Å². The maximum atomic E-state index is 12.2. The molecule has 21 heavy (non-hydrogen) atoms. The first kappa shape index (κ1) is 18.0. The van der Waals surface area contributed by atoms with Crippen molar-refractivity contribution < 1.29 is 14.7 Å².